The Morgan fingerprint density at radius 2 is 2.07 bits per heavy atom. The van der Waals surface area contributed by atoms with E-state index in [1.54, 1.807) is 24.0 Å². The van der Waals surface area contributed by atoms with Crippen LogP contribution in [0.25, 0.3) is 22.2 Å². The van der Waals surface area contributed by atoms with Crippen LogP contribution < -0.4 is 5.32 Å². The Morgan fingerprint density at radius 3 is 2.79 bits per heavy atom. The van der Waals surface area contributed by atoms with Crippen LogP contribution in [0.15, 0.2) is 42.5 Å². The fourth-order valence-corrected chi connectivity index (χ4v) is 3.97. The molecule has 2 aromatic carbocycles. The van der Waals surface area contributed by atoms with Crippen molar-refractivity contribution in [2.24, 2.45) is 0 Å². The Labute approximate surface area is 168 Å². The van der Waals surface area contributed by atoms with Crippen LogP contribution in [-0.4, -0.2) is 34.3 Å². The Morgan fingerprint density at radius 1 is 1.28 bits per heavy atom. The molecule has 29 heavy (non-hydrogen) atoms. The predicted octanol–water partition coefficient (Wildman–Crippen LogP) is 3.91. The van der Waals surface area contributed by atoms with Gasteiger partial charge in [0, 0.05) is 36.0 Å². The van der Waals surface area contributed by atoms with Crippen molar-refractivity contribution in [1.82, 2.24) is 15.2 Å². The highest BCUT2D eigenvalue weighted by atomic mass is 19.1. The Hall–Kier alpha value is -3.15. The van der Waals surface area contributed by atoms with Crippen LogP contribution in [-0.2, 0) is 16.1 Å². The van der Waals surface area contributed by atoms with Crippen LogP contribution in [0.4, 0.5) is 4.39 Å². The fourth-order valence-electron chi connectivity index (χ4n) is 3.97. The summed E-state index contributed by atoms with van der Waals surface area (Å²) >= 11 is 0. The standard InChI is InChI=1S/C23H24FN3O2/c1-14-18-12-16(13-25-23(29)15(2)27-11-5-8-21(27)28)9-10-20(18)26-22(14)17-6-3-4-7-19(17)24/h3-4,6-7,9-10,12,15,26H,5,8,11,13H2,1-2H3,(H,25,29)/t15-/m0/s1. The molecule has 150 valence electrons. The number of halogens is 1. The number of fused-ring (bicyclic) bond motifs is 1. The van der Waals surface area contributed by atoms with E-state index in [4.69, 9.17) is 0 Å². The lowest BCUT2D eigenvalue weighted by atomic mass is 10.0. The Bertz CT molecular complexity index is 1090. The maximum Gasteiger partial charge on any atom is 0.242 e. The van der Waals surface area contributed by atoms with Crippen LogP contribution in [0, 0.1) is 12.7 Å². The van der Waals surface area contributed by atoms with Gasteiger partial charge < -0.3 is 15.2 Å². The van der Waals surface area contributed by atoms with E-state index in [0.717, 1.165) is 34.1 Å². The minimum atomic E-state index is -0.463. The molecule has 6 heteroatoms. The van der Waals surface area contributed by atoms with Crippen LogP contribution in [0.1, 0.15) is 30.9 Å². The number of likely N-dealkylation sites (tertiary alicyclic amines) is 1. The van der Waals surface area contributed by atoms with Gasteiger partial charge in [-0.25, -0.2) is 4.39 Å². The molecule has 0 bridgehead atoms. The van der Waals surface area contributed by atoms with Crippen molar-refractivity contribution < 1.29 is 14.0 Å². The molecule has 0 unspecified atom stereocenters. The molecule has 0 saturated carbocycles. The number of rotatable bonds is 5. The smallest absolute Gasteiger partial charge is 0.242 e. The number of hydrogen-bond acceptors (Lipinski definition) is 2. The highest BCUT2D eigenvalue weighted by Crippen LogP contribution is 2.31. The molecular weight excluding hydrogens is 369 g/mol. The van der Waals surface area contributed by atoms with E-state index in [1.165, 1.54) is 6.07 Å². The molecule has 3 aromatic rings. The zero-order valence-electron chi connectivity index (χ0n) is 16.6. The van der Waals surface area contributed by atoms with Gasteiger partial charge >= 0.3 is 0 Å². The van der Waals surface area contributed by atoms with Gasteiger partial charge in [-0.1, -0.05) is 18.2 Å². The number of amides is 2. The summed E-state index contributed by atoms with van der Waals surface area (Å²) in [6.45, 7) is 4.74. The quantitative estimate of drug-likeness (QED) is 0.690. The van der Waals surface area contributed by atoms with Crippen molar-refractivity contribution in [3.8, 4) is 11.3 Å². The summed E-state index contributed by atoms with van der Waals surface area (Å²) < 4.78 is 14.2. The van der Waals surface area contributed by atoms with Crippen molar-refractivity contribution in [1.29, 1.82) is 0 Å². The molecular formula is C23H24FN3O2. The molecule has 1 saturated heterocycles. The number of aryl methyl sites for hydroxylation is 1. The molecule has 1 aliphatic rings. The van der Waals surface area contributed by atoms with Gasteiger partial charge in [0.05, 0.1) is 5.69 Å². The van der Waals surface area contributed by atoms with Gasteiger partial charge in [0.2, 0.25) is 11.8 Å². The summed E-state index contributed by atoms with van der Waals surface area (Å²) in [5.74, 6) is -0.379. The molecule has 1 aromatic heterocycles. The second kappa shape index (κ2) is 7.70. The third-order valence-corrected chi connectivity index (χ3v) is 5.69. The number of nitrogens with one attached hydrogen (secondary N) is 2. The van der Waals surface area contributed by atoms with Gasteiger partial charge in [-0.2, -0.15) is 0 Å². The number of aromatic amines is 1. The molecule has 1 aliphatic heterocycles. The first-order valence-electron chi connectivity index (χ1n) is 9.89. The lowest BCUT2D eigenvalue weighted by Crippen LogP contribution is -2.45. The second-order valence-corrected chi connectivity index (χ2v) is 7.57. The average molecular weight is 393 g/mol. The molecule has 1 atom stereocenters. The predicted molar refractivity (Wildman–Crippen MR) is 111 cm³/mol. The van der Waals surface area contributed by atoms with Crippen LogP contribution in [0.5, 0.6) is 0 Å². The Balaban J connectivity index is 1.52. The first kappa shape index (κ1) is 19.2. The summed E-state index contributed by atoms with van der Waals surface area (Å²) in [7, 11) is 0. The van der Waals surface area contributed by atoms with Crippen molar-refractivity contribution >= 4 is 22.7 Å². The zero-order chi connectivity index (χ0) is 20.5. The number of carbonyl (C=O) groups excluding carboxylic acids is 2. The van der Waals surface area contributed by atoms with Crippen molar-refractivity contribution in [3.05, 3.63) is 59.4 Å². The van der Waals surface area contributed by atoms with E-state index in [1.807, 2.05) is 31.2 Å². The van der Waals surface area contributed by atoms with Gasteiger partial charge in [-0.05, 0) is 55.7 Å². The normalized spacial score (nSPS) is 15.1. The number of aromatic nitrogens is 1. The Kier molecular flexibility index (Phi) is 5.09. The summed E-state index contributed by atoms with van der Waals surface area (Å²) in [5.41, 5.74) is 4.15. The van der Waals surface area contributed by atoms with E-state index in [9.17, 15) is 14.0 Å². The zero-order valence-corrected chi connectivity index (χ0v) is 16.6. The minimum absolute atomic E-state index is 0.0395. The van der Waals surface area contributed by atoms with Crippen LogP contribution >= 0.6 is 0 Å². The SMILES string of the molecule is Cc1c(-c2ccccc2F)[nH]c2ccc(CNC(=O)[C@H](C)N3CCCC3=O)cc12. The fraction of sp³-hybridized carbons (Fsp3) is 0.304. The van der Waals surface area contributed by atoms with Crippen molar-refractivity contribution in [3.63, 3.8) is 0 Å². The van der Waals surface area contributed by atoms with E-state index in [0.29, 0.717) is 25.1 Å². The van der Waals surface area contributed by atoms with Crippen LogP contribution in [0.2, 0.25) is 0 Å². The molecule has 0 spiro atoms. The van der Waals surface area contributed by atoms with Crippen molar-refractivity contribution in [2.45, 2.75) is 39.3 Å². The largest absolute Gasteiger partial charge is 0.354 e. The summed E-state index contributed by atoms with van der Waals surface area (Å²) in [6.07, 6.45) is 1.33. The highest BCUT2D eigenvalue weighted by Gasteiger charge is 2.29. The third-order valence-electron chi connectivity index (χ3n) is 5.69. The lowest BCUT2D eigenvalue weighted by Gasteiger charge is -2.23. The maximum atomic E-state index is 14.2. The van der Waals surface area contributed by atoms with Crippen LogP contribution in [0.3, 0.4) is 0 Å². The number of hydrogen-bond donors (Lipinski definition) is 2. The van der Waals surface area contributed by atoms with E-state index < -0.39 is 6.04 Å². The molecule has 0 radical (unpaired) electrons. The molecule has 2 N–H and O–H groups in total. The summed E-state index contributed by atoms with van der Waals surface area (Å²) in [5, 5.41) is 3.92. The summed E-state index contributed by atoms with van der Waals surface area (Å²) in [6, 6.07) is 12.1. The topological polar surface area (TPSA) is 65.2 Å². The summed E-state index contributed by atoms with van der Waals surface area (Å²) in [4.78, 5) is 29.2. The minimum Gasteiger partial charge on any atom is -0.354 e. The van der Waals surface area contributed by atoms with E-state index in [-0.39, 0.29) is 17.6 Å². The van der Waals surface area contributed by atoms with Gasteiger partial charge in [0.25, 0.3) is 0 Å². The third kappa shape index (κ3) is 3.62. The van der Waals surface area contributed by atoms with Gasteiger partial charge in [-0.3, -0.25) is 9.59 Å². The van der Waals surface area contributed by atoms with E-state index in [2.05, 4.69) is 10.3 Å². The number of H-pyrrole nitrogens is 1. The first-order chi connectivity index (χ1) is 14.0. The average Bonchev–Trinajstić information content (AvgIpc) is 3.29. The van der Waals surface area contributed by atoms with Crippen molar-refractivity contribution in [2.75, 3.05) is 6.54 Å². The molecule has 4 rings (SSSR count). The second-order valence-electron chi connectivity index (χ2n) is 7.57. The molecule has 2 heterocycles. The monoisotopic (exact) mass is 393 g/mol. The number of benzene rings is 2. The van der Waals surface area contributed by atoms with E-state index >= 15 is 0 Å². The highest BCUT2D eigenvalue weighted by molar-refractivity contribution is 5.91. The molecule has 1 fully saturated rings. The first-order valence-corrected chi connectivity index (χ1v) is 9.89. The molecule has 2 amide bonds. The lowest BCUT2D eigenvalue weighted by molar-refractivity contribution is -0.136. The van der Waals surface area contributed by atoms with Gasteiger partial charge in [0.15, 0.2) is 0 Å². The van der Waals surface area contributed by atoms with Gasteiger partial charge in [0.1, 0.15) is 11.9 Å². The van der Waals surface area contributed by atoms with Gasteiger partial charge in [-0.15, -0.1) is 0 Å². The maximum absolute atomic E-state index is 14.2. The molecule has 5 nitrogen and oxygen atoms in total. The number of nitrogens with zero attached hydrogens (tertiary/aromatic N) is 1. The number of carbonyl (C=O) groups is 2. The molecule has 0 aliphatic carbocycles.